The lowest BCUT2D eigenvalue weighted by Gasteiger charge is -1.94. The van der Waals surface area contributed by atoms with Gasteiger partial charge in [0, 0.05) is 24.8 Å². The van der Waals surface area contributed by atoms with Crippen LogP contribution in [0.1, 0.15) is 9.80 Å². The molecule has 13 heavy (non-hydrogen) atoms. The minimum atomic E-state index is 0.484. The van der Waals surface area contributed by atoms with Gasteiger partial charge >= 0.3 is 0 Å². The topological polar surface area (TPSA) is 47.8 Å². The summed E-state index contributed by atoms with van der Waals surface area (Å²) in [5, 5.41) is 2.31. The third-order valence-electron chi connectivity index (χ3n) is 1.67. The average Bonchev–Trinajstić information content (AvgIpc) is 2.71. The van der Waals surface area contributed by atoms with E-state index in [1.165, 1.54) is 11.3 Å². The number of carbonyl (C=O) groups is 1. The molecule has 5 heteroatoms. The van der Waals surface area contributed by atoms with Gasteiger partial charge < -0.3 is 4.57 Å². The summed E-state index contributed by atoms with van der Waals surface area (Å²) in [6.07, 6.45) is 4.29. The van der Waals surface area contributed by atoms with E-state index in [-0.39, 0.29) is 0 Å². The summed E-state index contributed by atoms with van der Waals surface area (Å²) < 4.78 is 1.86. The predicted octanol–water partition coefficient (Wildman–Crippen LogP) is 1.36. The molecule has 0 spiro atoms. The summed E-state index contributed by atoms with van der Waals surface area (Å²) in [6.45, 7) is 0. The zero-order chi connectivity index (χ0) is 9.26. The van der Waals surface area contributed by atoms with Gasteiger partial charge in [0.1, 0.15) is 5.69 Å². The Kier molecular flexibility index (Phi) is 1.94. The second-order valence-corrected chi connectivity index (χ2v) is 3.44. The molecule has 0 fully saturated rings. The maximum absolute atomic E-state index is 10.4. The molecular weight excluding hydrogens is 186 g/mol. The molecule has 2 aromatic rings. The van der Waals surface area contributed by atoms with Crippen molar-refractivity contribution >= 4 is 17.6 Å². The van der Waals surface area contributed by atoms with Crippen LogP contribution in [0.2, 0.25) is 0 Å². The van der Waals surface area contributed by atoms with E-state index in [2.05, 4.69) is 9.97 Å². The smallest absolute Gasteiger partial charge is 0.178 e. The maximum Gasteiger partial charge on any atom is 0.178 e. The second-order valence-electron chi connectivity index (χ2n) is 2.55. The van der Waals surface area contributed by atoms with Crippen LogP contribution >= 0.6 is 11.3 Å². The lowest BCUT2D eigenvalue weighted by molar-refractivity contribution is 0.112. The summed E-state index contributed by atoms with van der Waals surface area (Å²) in [6, 6.07) is 0. The third kappa shape index (κ3) is 1.38. The van der Waals surface area contributed by atoms with Crippen molar-refractivity contribution in [2.75, 3.05) is 0 Å². The Morgan fingerprint density at radius 2 is 2.46 bits per heavy atom. The Balaban J connectivity index is 2.46. The molecule has 0 amide bonds. The molecule has 0 saturated heterocycles. The van der Waals surface area contributed by atoms with Crippen LogP contribution < -0.4 is 0 Å². The number of thiazole rings is 1. The number of hydrogen-bond acceptors (Lipinski definition) is 4. The van der Waals surface area contributed by atoms with Crippen molar-refractivity contribution < 1.29 is 4.79 Å². The number of imidazole rings is 1. The van der Waals surface area contributed by atoms with Gasteiger partial charge in [-0.2, -0.15) is 0 Å². The number of nitrogens with zero attached hydrogens (tertiary/aromatic N) is 3. The molecule has 0 unspecified atom stereocenters. The summed E-state index contributed by atoms with van der Waals surface area (Å²) >= 11 is 1.32. The van der Waals surface area contributed by atoms with Crippen LogP contribution in [0, 0.1) is 0 Å². The first-order valence-electron chi connectivity index (χ1n) is 3.69. The number of carbonyl (C=O) groups excluding carboxylic acids is 1. The van der Waals surface area contributed by atoms with Crippen LogP contribution in [0.4, 0.5) is 0 Å². The zero-order valence-corrected chi connectivity index (χ0v) is 7.78. The molecule has 0 radical (unpaired) electrons. The molecule has 0 N–H and O–H groups in total. The fraction of sp³-hybridized carbons (Fsp3) is 0.125. The molecule has 2 rings (SSSR count). The summed E-state index contributed by atoms with van der Waals surface area (Å²) in [5.41, 5.74) is 0.750. The van der Waals surface area contributed by atoms with E-state index in [1.807, 2.05) is 23.2 Å². The van der Waals surface area contributed by atoms with Crippen LogP contribution in [0.3, 0.4) is 0 Å². The molecule has 0 aliphatic heterocycles. The molecular formula is C8H7N3OS. The molecule has 2 heterocycles. The van der Waals surface area contributed by atoms with Gasteiger partial charge in [-0.3, -0.25) is 4.79 Å². The summed E-state index contributed by atoms with van der Waals surface area (Å²) in [4.78, 5) is 18.6. The van der Waals surface area contributed by atoms with Gasteiger partial charge in [-0.05, 0) is 0 Å². The monoisotopic (exact) mass is 193 g/mol. The lowest BCUT2D eigenvalue weighted by Crippen LogP contribution is -1.91. The first-order chi connectivity index (χ1) is 6.31. The summed E-state index contributed by atoms with van der Waals surface area (Å²) in [7, 11) is 1.89. The van der Waals surface area contributed by atoms with Gasteiger partial charge in [0.25, 0.3) is 0 Å². The Morgan fingerprint density at radius 3 is 3.00 bits per heavy atom. The molecule has 0 aromatic carbocycles. The highest BCUT2D eigenvalue weighted by molar-refractivity contribution is 7.11. The van der Waals surface area contributed by atoms with Gasteiger partial charge in [-0.15, -0.1) is 11.3 Å². The van der Waals surface area contributed by atoms with Crippen molar-refractivity contribution in [2.24, 2.45) is 7.05 Å². The van der Waals surface area contributed by atoms with E-state index >= 15 is 0 Å². The molecule has 4 nitrogen and oxygen atoms in total. The fourth-order valence-electron chi connectivity index (χ4n) is 1.06. The number of aromatic nitrogens is 3. The van der Waals surface area contributed by atoms with E-state index < -0.39 is 0 Å². The fourth-order valence-corrected chi connectivity index (χ4v) is 1.65. The third-order valence-corrected chi connectivity index (χ3v) is 2.44. The van der Waals surface area contributed by atoms with Crippen LogP contribution in [-0.2, 0) is 7.05 Å². The van der Waals surface area contributed by atoms with Crippen LogP contribution in [0.15, 0.2) is 17.8 Å². The highest BCUT2D eigenvalue weighted by atomic mass is 32.1. The van der Waals surface area contributed by atoms with Gasteiger partial charge in [-0.25, -0.2) is 9.97 Å². The normalized spacial score (nSPS) is 10.2. The molecule has 0 bridgehead atoms. The Labute approximate surface area is 78.9 Å². The van der Waals surface area contributed by atoms with Gasteiger partial charge in [-0.1, -0.05) is 0 Å². The van der Waals surface area contributed by atoms with Crippen LogP contribution in [0.25, 0.3) is 11.5 Å². The van der Waals surface area contributed by atoms with Crippen molar-refractivity contribution in [1.82, 2.24) is 14.5 Å². The largest absolute Gasteiger partial charge is 0.333 e. The Morgan fingerprint density at radius 1 is 1.62 bits per heavy atom. The van der Waals surface area contributed by atoms with E-state index in [0.717, 1.165) is 17.8 Å². The highest BCUT2D eigenvalue weighted by Gasteiger charge is 2.07. The van der Waals surface area contributed by atoms with Crippen LogP contribution in [0.5, 0.6) is 0 Å². The van der Waals surface area contributed by atoms with Crippen molar-refractivity contribution in [3.8, 4) is 11.5 Å². The highest BCUT2D eigenvalue weighted by Crippen LogP contribution is 2.18. The first-order valence-corrected chi connectivity index (χ1v) is 4.57. The molecule has 66 valence electrons. The van der Waals surface area contributed by atoms with Crippen LogP contribution in [-0.4, -0.2) is 20.8 Å². The minimum Gasteiger partial charge on any atom is -0.333 e. The summed E-state index contributed by atoms with van der Waals surface area (Å²) in [5.74, 6) is 0.782. The molecule has 0 atom stereocenters. The van der Waals surface area contributed by atoms with E-state index in [0.29, 0.717) is 5.01 Å². The second kappa shape index (κ2) is 3.10. The molecule has 2 aromatic heterocycles. The van der Waals surface area contributed by atoms with Crippen molar-refractivity contribution in [3.05, 3.63) is 22.8 Å². The zero-order valence-electron chi connectivity index (χ0n) is 6.97. The Bertz CT molecular complexity index is 432. The number of aldehydes is 1. The van der Waals surface area contributed by atoms with Gasteiger partial charge in [0.15, 0.2) is 17.1 Å². The molecule has 0 aliphatic carbocycles. The number of aryl methyl sites for hydroxylation is 1. The SMILES string of the molecule is Cn1ccnc1-c1csc(C=O)n1. The van der Waals surface area contributed by atoms with Crippen molar-refractivity contribution in [1.29, 1.82) is 0 Å². The van der Waals surface area contributed by atoms with E-state index in [9.17, 15) is 4.79 Å². The van der Waals surface area contributed by atoms with Gasteiger partial charge in [0.2, 0.25) is 0 Å². The van der Waals surface area contributed by atoms with Crippen molar-refractivity contribution in [3.63, 3.8) is 0 Å². The minimum absolute atomic E-state index is 0.484. The van der Waals surface area contributed by atoms with E-state index in [1.54, 1.807) is 6.20 Å². The maximum atomic E-state index is 10.4. The quantitative estimate of drug-likeness (QED) is 0.676. The van der Waals surface area contributed by atoms with Crippen molar-refractivity contribution in [2.45, 2.75) is 0 Å². The first kappa shape index (κ1) is 8.12. The molecule has 0 saturated carbocycles. The Hall–Kier alpha value is -1.49. The number of hydrogen-bond donors (Lipinski definition) is 0. The number of rotatable bonds is 2. The average molecular weight is 193 g/mol. The molecule has 0 aliphatic rings. The standard InChI is InChI=1S/C8H7N3OS/c1-11-3-2-9-8(11)6-5-13-7(4-12)10-6/h2-5H,1H3. The van der Waals surface area contributed by atoms with E-state index in [4.69, 9.17) is 0 Å². The lowest BCUT2D eigenvalue weighted by atomic mass is 10.4. The predicted molar refractivity (Wildman–Crippen MR) is 49.7 cm³/mol. The van der Waals surface area contributed by atoms with Gasteiger partial charge in [0.05, 0.1) is 0 Å².